The first-order valence-electron chi connectivity index (χ1n) is 8.01. The van der Waals surface area contributed by atoms with Crippen molar-refractivity contribution in [3.63, 3.8) is 0 Å². The number of nitrogens with one attached hydrogen (secondary N) is 1. The Bertz CT molecular complexity index is 665. The van der Waals surface area contributed by atoms with Crippen LogP contribution in [0.4, 0.5) is 0 Å². The predicted octanol–water partition coefficient (Wildman–Crippen LogP) is 2.55. The van der Waals surface area contributed by atoms with Gasteiger partial charge in [0.2, 0.25) is 0 Å². The minimum atomic E-state index is -0.0339. The zero-order chi connectivity index (χ0) is 16.8. The Morgan fingerprint density at radius 3 is 2.58 bits per heavy atom. The molecule has 5 nitrogen and oxygen atoms in total. The Morgan fingerprint density at radius 1 is 1.17 bits per heavy atom. The van der Waals surface area contributed by atoms with Crippen LogP contribution in [0.2, 0.25) is 0 Å². The lowest BCUT2D eigenvalue weighted by atomic mass is 10.0. The van der Waals surface area contributed by atoms with Gasteiger partial charge in [-0.05, 0) is 36.4 Å². The molecule has 3 rings (SSSR count). The molecule has 24 heavy (non-hydrogen) atoms. The fraction of sp³-hybridized carbons (Fsp3) is 0.333. The summed E-state index contributed by atoms with van der Waals surface area (Å²) < 4.78 is 5.50. The van der Waals surface area contributed by atoms with Crippen LogP contribution in [0.5, 0.6) is 5.75 Å². The van der Waals surface area contributed by atoms with E-state index >= 15 is 0 Å². The fourth-order valence-corrected chi connectivity index (χ4v) is 3.32. The summed E-state index contributed by atoms with van der Waals surface area (Å²) in [6, 6.07) is 11.3. The van der Waals surface area contributed by atoms with Crippen LogP contribution >= 0.6 is 11.3 Å². The van der Waals surface area contributed by atoms with Crippen LogP contribution in [0.1, 0.15) is 23.2 Å². The number of carbonyl (C=O) groups is 2. The van der Waals surface area contributed by atoms with Gasteiger partial charge in [-0.15, -0.1) is 0 Å². The van der Waals surface area contributed by atoms with E-state index < -0.39 is 0 Å². The molecular formula is C18H20N2O3S. The molecule has 1 aromatic carbocycles. The Morgan fingerprint density at radius 2 is 1.92 bits per heavy atom. The summed E-state index contributed by atoms with van der Waals surface area (Å²) >= 11 is 1.51. The normalized spacial score (nSPS) is 15.1. The number of para-hydroxylation sites is 1. The van der Waals surface area contributed by atoms with Crippen molar-refractivity contribution in [1.82, 2.24) is 10.2 Å². The molecule has 0 bridgehead atoms. The number of thiophene rings is 1. The van der Waals surface area contributed by atoms with Crippen LogP contribution in [-0.4, -0.2) is 42.5 Å². The van der Waals surface area contributed by atoms with Crippen molar-refractivity contribution >= 4 is 23.2 Å². The first-order chi connectivity index (χ1) is 11.7. The third-order valence-electron chi connectivity index (χ3n) is 4.07. The monoisotopic (exact) mass is 344 g/mol. The number of nitrogens with zero attached hydrogens (tertiary/aromatic N) is 1. The van der Waals surface area contributed by atoms with E-state index in [2.05, 4.69) is 5.32 Å². The average molecular weight is 344 g/mol. The second kappa shape index (κ2) is 7.97. The molecule has 0 saturated carbocycles. The molecule has 1 N–H and O–H groups in total. The molecule has 1 fully saturated rings. The van der Waals surface area contributed by atoms with E-state index in [9.17, 15) is 9.59 Å². The van der Waals surface area contributed by atoms with Crippen LogP contribution in [-0.2, 0) is 4.79 Å². The predicted molar refractivity (Wildman–Crippen MR) is 93.3 cm³/mol. The lowest BCUT2D eigenvalue weighted by Gasteiger charge is -2.32. The van der Waals surface area contributed by atoms with E-state index in [0.717, 1.165) is 12.8 Å². The Balaban J connectivity index is 1.41. The van der Waals surface area contributed by atoms with Crippen molar-refractivity contribution in [2.75, 3.05) is 19.7 Å². The molecule has 0 radical (unpaired) electrons. The second-order valence-corrected chi connectivity index (χ2v) is 6.52. The molecule has 2 amide bonds. The number of amides is 2. The number of benzene rings is 1. The summed E-state index contributed by atoms with van der Waals surface area (Å²) in [4.78, 5) is 26.0. The summed E-state index contributed by atoms with van der Waals surface area (Å²) in [6.45, 7) is 1.34. The molecular weight excluding hydrogens is 324 g/mol. The number of rotatable bonds is 5. The number of carbonyl (C=O) groups excluding carboxylic acids is 2. The van der Waals surface area contributed by atoms with Crippen LogP contribution < -0.4 is 10.1 Å². The Kier molecular flexibility index (Phi) is 5.48. The van der Waals surface area contributed by atoms with E-state index in [-0.39, 0.29) is 24.5 Å². The van der Waals surface area contributed by atoms with Crippen molar-refractivity contribution in [2.24, 2.45) is 0 Å². The molecule has 126 valence electrons. The van der Waals surface area contributed by atoms with E-state index in [4.69, 9.17) is 4.74 Å². The summed E-state index contributed by atoms with van der Waals surface area (Å²) in [5.41, 5.74) is 0.703. The molecule has 1 aliphatic heterocycles. The maximum Gasteiger partial charge on any atom is 0.260 e. The standard InChI is InChI=1S/C18H20N2O3S/c21-17(12-23-16-4-2-1-3-5-16)20-9-6-15(7-10-20)19-18(22)14-8-11-24-13-14/h1-5,8,11,13,15H,6-7,9-10,12H2,(H,19,22). The highest BCUT2D eigenvalue weighted by Gasteiger charge is 2.24. The highest BCUT2D eigenvalue weighted by atomic mass is 32.1. The van der Waals surface area contributed by atoms with Gasteiger partial charge in [-0.25, -0.2) is 0 Å². The van der Waals surface area contributed by atoms with Crippen molar-refractivity contribution in [3.8, 4) is 5.75 Å². The van der Waals surface area contributed by atoms with Gasteiger partial charge < -0.3 is 15.0 Å². The zero-order valence-corrected chi connectivity index (χ0v) is 14.1. The SMILES string of the molecule is O=C(NC1CCN(C(=O)COc2ccccc2)CC1)c1ccsc1. The third-order valence-corrected chi connectivity index (χ3v) is 4.75. The number of ether oxygens (including phenoxy) is 1. The quantitative estimate of drug-likeness (QED) is 0.907. The minimum Gasteiger partial charge on any atom is -0.484 e. The number of likely N-dealkylation sites (tertiary alicyclic amines) is 1. The van der Waals surface area contributed by atoms with Gasteiger partial charge in [0, 0.05) is 30.1 Å². The summed E-state index contributed by atoms with van der Waals surface area (Å²) in [5, 5.41) is 6.77. The van der Waals surface area contributed by atoms with E-state index in [1.54, 1.807) is 4.90 Å². The maximum absolute atomic E-state index is 12.2. The van der Waals surface area contributed by atoms with Gasteiger partial charge >= 0.3 is 0 Å². The molecule has 1 aliphatic rings. The summed E-state index contributed by atoms with van der Waals surface area (Å²) in [7, 11) is 0. The van der Waals surface area contributed by atoms with Gasteiger partial charge in [0.05, 0.1) is 0 Å². The average Bonchev–Trinajstić information content (AvgIpc) is 3.16. The Labute approximate surface area is 145 Å². The lowest BCUT2D eigenvalue weighted by Crippen LogP contribution is -2.47. The van der Waals surface area contributed by atoms with Gasteiger partial charge in [0.25, 0.3) is 11.8 Å². The van der Waals surface area contributed by atoms with E-state index in [1.165, 1.54) is 11.3 Å². The van der Waals surface area contributed by atoms with Crippen LogP contribution in [0.15, 0.2) is 47.2 Å². The summed E-state index contributed by atoms with van der Waals surface area (Å²) in [5.74, 6) is 0.652. The highest BCUT2D eigenvalue weighted by molar-refractivity contribution is 7.08. The van der Waals surface area contributed by atoms with E-state index in [1.807, 2.05) is 47.2 Å². The van der Waals surface area contributed by atoms with Gasteiger partial charge in [0.15, 0.2) is 6.61 Å². The third kappa shape index (κ3) is 4.35. The maximum atomic E-state index is 12.2. The molecule has 6 heteroatoms. The number of hydrogen-bond acceptors (Lipinski definition) is 4. The first kappa shape index (κ1) is 16.5. The van der Waals surface area contributed by atoms with Crippen molar-refractivity contribution < 1.29 is 14.3 Å². The van der Waals surface area contributed by atoms with Gasteiger partial charge in [-0.1, -0.05) is 18.2 Å². The lowest BCUT2D eigenvalue weighted by molar-refractivity contribution is -0.134. The van der Waals surface area contributed by atoms with Gasteiger partial charge in [0.1, 0.15) is 5.75 Å². The highest BCUT2D eigenvalue weighted by Crippen LogP contribution is 2.14. The first-order valence-corrected chi connectivity index (χ1v) is 8.95. The molecule has 2 aromatic rings. The molecule has 0 unspecified atom stereocenters. The Hall–Kier alpha value is -2.34. The minimum absolute atomic E-state index is 0.0125. The molecule has 0 atom stereocenters. The van der Waals surface area contributed by atoms with Gasteiger partial charge in [-0.2, -0.15) is 11.3 Å². The van der Waals surface area contributed by atoms with E-state index in [0.29, 0.717) is 24.4 Å². The smallest absolute Gasteiger partial charge is 0.260 e. The molecule has 0 aliphatic carbocycles. The molecule has 1 saturated heterocycles. The van der Waals surface area contributed by atoms with Crippen LogP contribution in [0.25, 0.3) is 0 Å². The fourth-order valence-electron chi connectivity index (χ4n) is 2.69. The number of piperidine rings is 1. The van der Waals surface area contributed by atoms with Gasteiger partial charge in [-0.3, -0.25) is 9.59 Å². The topological polar surface area (TPSA) is 58.6 Å². The van der Waals surface area contributed by atoms with Crippen molar-refractivity contribution in [2.45, 2.75) is 18.9 Å². The van der Waals surface area contributed by atoms with Crippen LogP contribution in [0, 0.1) is 0 Å². The zero-order valence-electron chi connectivity index (χ0n) is 13.3. The second-order valence-electron chi connectivity index (χ2n) is 5.74. The largest absolute Gasteiger partial charge is 0.484 e. The summed E-state index contributed by atoms with van der Waals surface area (Å²) in [6.07, 6.45) is 1.54. The van der Waals surface area contributed by atoms with Crippen LogP contribution in [0.3, 0.4) is 0 Å². The number of hydrogen-bond donors (Lipinski definition) is 1. The van der Waals surface area contributed by atoms with Crippen molar-refractivity contribution in [3.05, 3.63) is 52.7 Å². The molecule has 1 aromatic heterocycles. The molecule has 0 spiro atoms. The van der Waals surface area contributed by atoms with Crippen molar-refractivity contribution in [1.29, 1.82) is 0 Å². The molecule has 2 heterocycles.